The molecule has 3 heterocycles. The number of halogens is 2. The number of hydrogen-bond donors (Lipinski definition) is 3. The minimum atomic E-state index is -0.474. The van der Waals surface area contributed by atoms with Gasteiger partial charge in [-0.05, 0) is 37.5 Å². The summed E-state index contributed by atoms with van der Waals surface area (Å²) in [5.74, 6) is -0.919. The third-order valence-electron chi connectivity index (χ3n) is 5.66. The first-order valence-corrected chi connectivity index (χ1v) is 11.1. The molecule has 0 spiro atoms. The van der Waals surface area contributed by atoms with Crippen LogP contribution in [0.2, 0.25) is 10.2 Å². The Morgan fingerprint density at radius 1 is 0.812 bits per heavy atom. The van der Waals surface area contributed by atoms with Crippen LogP contribution in [0.3, 0.4) is 0 Å². The molecule has 2 aliphatic rings. The molecule has 0 bridgehead atoms. The molecule has 0 radical (unpaired) electrons. The van der Waals surface area contributed by atoms with E-state index in [1.165, 1.54) is 19.3 Å². The second kappa shape index (κ2) is 8.34. The molecule has 0 saturated heterocycles. The summed E-state index contributed by atoms with van der Waals surface area (Å²) in [5.41, 5.74) is 3.28. The highest BCUT2D eigenvalue weighted by atomic mass is 35.5. The Balaban J connectivity index is 0.000000383. The average molecular weight is 464 g/mol. The van der Waals surface area contributed by atoms with E-state index < -0.39 is 11.8 Å². The van der Waals surface area contributed by atoms with Crippen LogP contribution in [0, 0.1) is 0 Å². The number of H-pyrrole nitrogens is 2. The van der Waals surface area contributed by atoms with Gasteiger partial charge in [0.1, 0.15) is 5.15 Å². The molecule has 4 aromatic rings. The van der Waals surface area contributed by atoms with E-state index in [9.17, 15) is 9.59 Å². The van der Waals surface area contributed by atoms with Gasteiger partial charge in [0.15, 0.2) is 0 Å². The minimum absolute atomic E-state index is 0.253. The number of benzene rings is 2. The lowest BCUT2D eigenvalue weighted by atomic mass is 9.95. The van der Waals surface area contributed by atoms with E-state index in [1.807, 2.05) is 24.3 Å². The fraction of sp³-hybridized carbons (Fsp3) is 0.120. The lowest BCUT2D eigenvalue weighted by molar-refractivity contribution is -0.122. The number of para-hydroxylation sites is 1. The number of aromatic amines is 2. The largest absolute Gasteiger partial charge is 0.361 e. The van der Waals surface area contributed by atoms with Crippen LogP contribution in [-0.2, 0) is 9.59 Å². The Kier molecular flexibility index (Phi) is 5.37. The third-order valence-corrected chi connectivity index (χ3v) is 6.18. The van der Waals surface area contributed by atoms with Crippen molar-refractivity contribution in [3.8, 4) is 0 Å². The Bertz CT molecular complexity index is 1440. The van der Waals surface area contributed by atoms with Gasteiger partial charge in [-0.3, -0.25) is 14.9 Å². The molecule has 2 aromatic carbocycles. The molecule has 160 valence electrons. The molecule has 5 nitrogen and oxygen atoms in total. The van der Waals surface area contributed by atoms with Crippen molar-refractivity contribution in [1.82, 2.24) is 15.3 Å². The second-order valence-corrected chi connectivity index (χ2v) is 8.50. The van der Waals surface area contributed by atoms with Gasteiger partial charge in [0, 0.05) is 44.2 Å². The van der Waals surface area contributed by atoms with Gasteiger partial charge in [-0.25, -0.2) is 0 Å². The van der Waals surface area contributed by atoms with Crippen molar-refractivity contribution in [2.24, 2.45) is 0 Å². The van der Waals surface area contributed by atoms with E-state index >= 15 is 0 Å². The maximum Gasteiger partial charge on any atom is 0.259 e. The Labute approximate surface area is 194 Å². The average Bonchev–Trinajstić information content (AvgIpc) is 3.55. The van der Waals surface area contributed by atoms with Crippen LogP contribution in [0.5, 0.6) is 0 Å². The molecular formula is C25H19Cl2N3O2. The molecule has 0 fully saturated rings. The van der Waals surface area contributed by atoms with Crippen LogP contribution in [-0.4, -0.2) is 21.8 Å². The zero-order valence-electron chi connectivity index (χ0n) is 17.0. The second-order valence-electron chi connectivity index (χ2n) is 7.69. The van der Waals surface area contributed by atoms with Crippen molar-refractivity contribution in [2.75, 3.05) is 0 Å². The number of fused-ring (bicyclic) bond motifs is 2. The lowest BCUT2D eigenvalue weighted by Crippen LogP contribution is -2.22. The summed E-state index contributed by atoms with van der Waals surface area (Å²) in [7, 11) is 0. The van der Waals surface area contributed by atoms with E-state index in [1.54, 1.807) is 24.4 Å². The summed E-state index contributed by atoms with van der Waals surface area (Å²) >= 11 is 12.5. The van der Waals surface area contributed by atoms with Crippen LogP contribution in [0.4, 0.5) is 0 Å². The van der Waals surface area contributed by atoms with Gasteiger partial charge in [-0.1, -0.05) is 59.6 Å². The number of nitrogens with one attached hydrogen (secondary N) is 3. The molecular weight excluding hydrogens is 445 g/mol. The van der Waals surface area contributed by atoms with Crippen molar-refractivity contribution < 1.29 is 9.59 Å². The molecule has 1 aliphatic carbocycles. The topological polar surface area (TPSA) is 77.8 Å². The summed E-state index contributed by atoms with van der Waals surface area (Å²) in [5, 5.41) is 4.80. The maximum absolute atomic E-state index is 12.7. The van der Waals surface area contributed by atoms with Gasteiger partial charge >= 0.3 is 0 Å². The Hall–Kier alpha value is -3.28. The first-order valence-electron chi connectivity index (χ1n) is 10.3. The van der Waals surface area contributed by atoms with E-state index in [0.29, 0.717) is 27.2 Å². The van der Waals surface area contributed by atoms with Crippen molar-refractivity contribution in [3.63, 3.8) is 0 Å². The first-order chi connectivity index (χ1) is 15.5. The van der Waals surface area contributed by atoms with Gasteiger partial charge in [-0.15, -0.1) is 0 Å². The molecule has 3 N–H and O–H groups in total. The number of amides is 2. The highest BCUT2D eigenvalue weighted by Gasteiger charge is 2.35. The minimum Gasteiger partial charge on any atom is -0.361 e. The normalized spacial score (nSPS) is 15.6. The van der Waals surface area contributed by atoms with Gasteiger partial charge in [-0.2, -0.15) is 0 Å². The zero-order valence-corrected chi connectivity index (χ0v) is 18.5. The number of carbonyl (C=O) groups excluding carboxylic acids is 2. The molecule has 6 rings (SSSR count). The fourth-order valence-electron chi connectivity index (χ4n) is 4.20. The van der Waals surface area contributed by atoms with Crippen molar-refractivity contribution in [3.05, 3.63) is 82.1 Å². The van der Waals surface area contributed by atoms with E-state index in [0.717, 1.165) is 16.3 Å². The van der Waals surface area contributed by atoms with Crippen LogP contribution in [0.25, 0.3) is 33.0 Å². The Morgan fingerprint density at radius 2 is 1.56 bits per heavy atom. The maximum atomic E-state index is 12.7. The summed E-state index contributed by atoms with van der Waals surface area (Å²) in [6.07, 6.45) is 10.2. The predicted octanol–water partition coefficient (Wildman–Crippen LogP) is 6.25. The standard InChI is InChI=1S/C20H11Cl2N3O2.C5H8/c21-9-5-6-11-14(7-9)24-18(22)15(11)17-16(19(26)25-20(17)27)12-8-23-13-4-2-1-3-10(12)13;1-2-4-5-3-1/h1-8,23-24H,(H,25,26,27);1-2H,3-5H2. The third kappa shape index (κ3) is 3.53. The van der Waals surface area contributed by atoms with Gasteiger partial charge in [0.2, 0.25) is 0 Å². The molecule has 2 aromatic heterocycles. The summed E-state index contributed by atoms with van der Waals surface area (Å²) in [6, 6.07) is 12.8. The van der Waals surface area contributed by atoms with Gasteiger partial charge < -0.3 is 9.97 Å². The van der Waals surface area contributed by atoms with E-state index in [2.05, 4.69) is 27.4 Å². The number of rotatable bonds is 2. The molecule has 1 aliphatic heterocycles. The fourth-order valence-corrected chi connectivity index (χ4v) is 4.67. The highest BCUT2D eigenvalue weighted by molar-refractivity contribution is 6.52. The molecule has 0 saturated carbocycles. The van der Waals surface area contributed by atoms with Crippen molar-refractivity contribution >= 4 is 68.0 Å². The number of aromatic nitrogens is 2. The number of imide groups is 1. The van der Waals surface area contributed by atoms with Gasteiger partial charge in [0.25, 0.3) is 11.8 Å². The molecule has 7 heteroatoms. The predicted molar refractivity (Wildman–Crippen MR) is 130 cm³/mol. The van der Waals surface area contributed by atoms with Crippen LogP contribution in [0.1, 0.15) is 30.4 Å². The molecule has 0 atom stereocenters. The van der Waals surface area contributed by atoms with Crippen molar-refractivity contribution in [1.29, 1.82) is 0 Å². The first kappa shape index (κ1) is 20.6. The zero-order chi connectivity index (χ0) is 22.2. The van der Waals surface area contributed by atoms with Crippen LogP contribution in [0.15, 0.2) is 60.8 Å². The number of carbonyl (C=O) groups is 2. The smallest absolute Gasteiger partial charge is 0.259 e. The summed E-state index contributed by atoms with van der Waals surface area (Å²) in [6.45, 7) is 0. The number of hydrogen-bond acceptors (Lipinski definition) is 2. The monoisotopic (exact) mass is 463 g/mol. The molecule has 0 unspecified atom stereocenters. The van der Waals surface area contributed by atoms with E-state index in [-0.39, 0.29) is 10.7 Å². The van der Waals surface area contributed by atoms with Gasteiger partial charge in [0.05, 0.1) is 11.1 Å². The molecule has 32 heavy (non-hydrogen) atoms. The van der Waals surface area contributed by atoms with Crippen molar-refractivity contribution in [2.45, 2.75) is 19.3 Å². The summed E-state index contributed by atoms with van der Waals surface area (Å²) in [4.78, 5) is 31.5. The van der Waals surface area contributed by atoms with Crippen LogP contribution < -0.4 is 5.32 Å². The van der Waals surface area contributed by atoms with Crippen LogP contribution >= 0.6 is 23.2 Å². The Morgan fingerprint density at radius 3 is 2.31 bits per heavy atom. The SMILES string of the molecule is C1=CCCC1.O=C1NC(=O)C(c2c(Cl)[nH]c3cc(Cl)ccc23)=C1c1c[nH]c2ccccc12. The summed E-state index contributed by atoms with van der Waals surface area (Å²) < 4.78 is 0. The lowest BCUT2D eigenvalue weighted by Gasteiger charge is -2.04. The van der Waals surface area contributed by atoms with E-state index in [4.69, 9.17) is 23.2 Å². The highest BCUT2D eigenvalue weighted by Crippen LogP contribution is 2.41. The number of allylic oxidation sites excluding steroid dienone is 2. The molecule has 2 amide bonds. The quantitative estimate of drug-likeness (QED) is 0.242.